The van der Waals surface area contributed by atoms with Crippen LogP contribution in [0.15, 0.2) is 78.9 Å². The van der Waals surface area contributed by atoms with Crippen molar-refractivity contribution in [3.63, 3.8) is 0 Å². The molecule has 3 aromatic rings. The normalized spacial score (nSPS) is 10.1. The van der Waals surface area contributed by atoms with E-state index >= 15 is 0 Å². The second-order valence-electron chi connectivity index (χ2n) is 5.81. The molecule has 0 radical (unpaired) electrons. The van der Waals surface area contributed by atoms with Gasteiger partial charge >= 0.3 is 0 Å². The minimum absolute atomic E-state index is 0.235. The molecular weight excluding hydrogens is 342 g/mol. The molecule has 0 heterocycles. The predicted octanol–water partition coefficient (Wildman–Crippen LogP) is 3.55. The molecule has 0 unspecified atom stereocenters. The lowest BCUT2D eigenvalue weighted by Crippen LogP contribution is -2.20. The van der Waals surface area contributed by atoms with Gasteiger partial charge < -0.3 is 21.1 Å². The number of benzene rings is 3. The Bertz CT molecular complexity index is 925. The van der Waals surface area contributed by atoms with Crippen molar-refractivity contribution in [2.24, 2.45) is 5.73 Å². The Morgan fingerprint density at radius 3 is 2.19 bits per heavy atom. The quantitative estimate of drug-likeness (QED) is 0.600. The van der Waals surface area contributed by atoms with Gasteiger partial charge in [0.25, 0.3) is 11.8 Å². The molecule has 136 valence electrons. The lowest BCUT2D eigenvalue weighted by molar-refractivity contribution is -0.119. The number of carbonyl (C=O) groups is 2. The molecule has 0 aliphatic carbocycles. The summed E-state index contributed by atoms with van der Waals surface area (Å²) in [7, 11) is 0. The van der Waals surface area contributed by atoms with Crippen LogP contribution in [0.4, 0.5) is 17.1 Å². The first-order valence-corrected chi connectivity index (χ1v) is 8.35. The summed E-state index contributed by atoms with van der Waals surface area (Å²) in [6, 6.07) is 23.8. The molecule has 0 saturated carbocycles. The molecule has 3 aromatic carbocycles. The number of hydrogen-bond donors (Lipinski definition) is 3. The molecule has 0 aromatic heterocycles. The Balaban J connectivity index is 1.62. The predicted molar refractivity (Wildman–Crippen MR) is 105 cm³/mol. The fourth-order valence-electron chi connectivity index (χ4n) is 2.41. The second kappa shape index (κ2) is 8.53. The lowest BCUT2D eigenvalue weighted by Gasteiger charge is -2.10. The van der Waals surface area contributed by atoms with Crippen LogP contribution in [0, 0.1) is 0 Å². The van der Waals surface area contributed by atoms with Gasteiger partial charge in [0.2, 0.25) is 0 Å². The molecule has 0 bridgehead atoms. The molecule has 0 spiro atoms. The summed E-state index contributed by atoms with van der Waals surface area (Å²) in [5.74, 6) is -0.443. The summed E-state index contributed by atoms with van der Waals surface area (Å²) in [6.07, 6.45) is 0. The van der Waals surface area contributed by atoms with Gasteiger partial charge in [-0.3, -0.25) is 9.59 Å². The van der Waals surface area contributed by atoms with Crippen LogP contribution in [0.3, 0.4) is 0 Å². The van der Waals surface area contributed by atoms with Crippen LogP contribution in [0.2, 0.25) is 0 Å². The average Bonchev–Trinajstić information content (AvgIpc) is 2.69. The van der Waals surface area contributed by atoms with E-state index in [9.17, 15) is 9.59 Å². The van der Waals surface area contributed by atoms with Crippen molar-refractivity contribution >= 4 is 28.9 Å². The maximum Gasteiger partial charge on any atom is 0.255 e. The highest BCUT2D eigenvalue weighted by molar-refractivity contribution is 6.04. The number of nitrogens with one attached hydrogen (secondary N) is 2. The van der Waals surface area contributed by atoms with Gasteiger partial charge in [-0.1, -0.05) is 24.3 Å². The van der Waals surface area contributed by atoms with Gasteiger partial charge in [-0.2, -0.15) is 0 Å². The van der Waals surface area contributed by atoms with Crippen LogP contribution in [-0.2, 0) is 4.79 Å². The number of nitrogens with two attached hydrogens (primary N) is 1. The molecule has 0 atom stereocenters. The van der Waals surface area contributed by atoms with Crippen molar-refractivity contribution < 1.29 is 14.3 Å². The minimum Gasteiger partial charge on any atom is -0.484 e. The first-order chi connectivity index (χ1) is 13.1. The van der Waals surface area contributed by atoms with Crippen LogP contribution >= 0.6 is 0 Å². The van der Waals surface area contributed by atoms with E-state index in [1.807, 2.05) is 54.6 Å². The van der Waals surface area contributed by atoms with Crippen LogP contribution in [0.25, 0.3) is 0 Å². The van der Waals surface area contributed by atoms with Gasteiger partial charge in [0, 0.05) is 22.6 Å². The van der Waals surface area contributed by atoms with Gasteiger partial charge in [-0.15, -0.1) is 0 Å². The van der Waals surface area contributed by atoms with Crippen molar-refractivity contribution in [2.75, 3.05) is 17.2 Å². The number of anilines is 3. The molecule has 0 aliphatic heterocycles. The third-order valence-electron chi connectivity index (χ3n) is 3.68. The summed E-state index contributed by atoms with van der Waals surface area (Å²) in [5.41, 5.74) is 8.05. The first-order valence-electron chi connectivity index (χ1n) is 8.35. The highest BCUT2D eigenvalue weighted by Gasteiger charge is 2.08. The zero-order chi connectivity index (χ0) is 19.1. The van der Waals surface area contributed by atoms with Crippen molar-refractivity contribution in [3.05, 3.63) is 84.4 Å². The Morgan fingerprint density at radius 1 is 0.815 bits per heavy atom. The summed E-state index contributed by atoms with van der Waals surface area (Å²) < 4.78 is 5.22. The van der Waals surface area contributed by atoms with Crippen LogP contribution in [-0.4, -0.2) is 18.4 Å². The van der Waals surface area contributed by atoms with E-state index in [1.54, 1.807) is 24.3 Å². The van der Waals surface area contributed by atoms with Crippen molar-refractivity contribution in [1.29, 1.82) is 0 Å². The number of primary amides is 1. The van der Waals surface area contributed by atoms with Crippen LogP contribution in [0.1, 0.15) is 10.4 Å². The Hall–Kier alpha value is -3.80. The first kappa shape index (κ1) is 18.0. The SMILES string of the molecule is NC(=O)COc1cccc(C(=O)Nc2ccc(Nc3ccccc3)cc2)c1. The van der Waals surface area contributed by atoms with Crippen LogP contribution < -0.4 is 21.1 Å². The maximum absolute atomic E-state index is 12.4. The Morgan fingerprint density at radius 2 is 1.48 bits per heavy atom. The zero-order valence-electron chi connectivity index (χ0n) is 14.5. The monoisotopic (exact) mass is 361 g/mol. The number of ether oxygens (including phenoxy) is 1. The third-order valence-corrected chi connectivity index (χ3v) is 3.68. The molecule has 0 aliphatic rings. The van der Waals surface area contributed by atoms with E-state index in [-0.39, 0.29) is 12.5 Å². The summed E-state index contributed by atoms with van der Waals surface area (Å²) in [5, 5.41) is 6.11. The number of hydrogen-bond acceptors (Lipinski definition) is 4. The number of para-hydroxylation sites is 1. The van der Waals surface area contributed by atoms with Gasteiger partial charge in [0.05, 0.1) is 0 Å². The van der Waals surface area contributed by atoms with E-state index < -0.39 is 5.91 Å². The largest absolute Gasteiger partial charge is 0.484 e. The summed E-state index contributed by atoms with van der Waals surface area (Å²) in [6.45, 7) is -0.235. The molecule has 6 heteroatoms. The highest BCUT2D eigenvalue weighted by atomic mass is 16.5. The third kappa shape index (κ3) is 5.34. The maximum atomic E-state index is 12.4. The van der Waals surface area contributed by atoms with Crippen molar-refractivity contribution in [1.82, 2.24) is 0 Å². The second-order valence-corrected chi connectivity index (χ2v) is 5.81. The topological polar surface area (TPSA) is 93.5 Å². The van der Waals surface area contributed by atoms with Gasteiger partial charge in [0.15, 0.2) is 6.61 Å². The Kier molecular flexibility index (Phi) is 5.69. The summed E-state index contributed by atoms with van der Waals surface area (Å²) in [4.78, 5) is 23.2. The zero-order valence-corrected chi connectivity index (χ0v) is 14.5. The van der Waals surface area contributed by atoms with Crippen molar-refractivity contribution in [3.8, 4) is 5.75 Å². The van der Waals surface area contributed by atoms with Crippen molar-refractivity contribution in [2.45, 2.75) is 0 Å². The molecule has 2 amide bonds. The lowest BCUT2D eigenvalue weighted by atomic mass is 10.2. The van der Waals surface area contributed by atoms with E-state index in [4.69, 9.17) is 10.5 Å². The van der Waals surface area contributed by atoms with E-state index in [0.717, 1.165) is 11.4 Å². The van der Waals surface area contributed by atoms with Gasteiger partial charge in [0.1, 0.15) is 5.75 Å². The standard InChI is InChI=1S/C21H19N3O3/c22-20(25)14-27-19-8-4-5-15(13-19)21(26)24-18-11-9-17(10-12-18)23-16-6-2-1-3-7-16/h1-13,23H,14H2,(H2,22,25)(H,24,26). The number of amides is 2. The fraction of sp³-hybridized carbons (Fsp3) is 0.0476. The molecule has 6 nitrogen and oxygen atoms in total. The smallest absolute Gasteiger partial charge is 0.255 e. The molecule has 3 rings (SSSR count). The summed E-state index contributed by atoms with van der Waals surface area (Å²) >= 11 is 0. The van der Waals surface area contributed by atoms with E-state index in [0.29, 0.717) is 17.0 Å². The molecule has 4 N–H and O–H groups in total. The average molecular weight is 361 g/mol. The van der Waals surface area contributed by atoms with Crippen LogP contribution in [0.5, 0.6) is 5.75 Å². The number of rotatable bonds is 7. The molecule has 0 fully saturated rings. The van der Waals surface area contributed by atoms with Gasteiger partial charge in [-0.05, 0) is 54.6 Å². The Labute approximate surface area is 157 Å². The van der Waals surface area contributed by atoms with E-state index in [2.05, 4.69) is 10.6 Å². The molecule has 0 saturated heterocycles. The minimum atomic E-state index is -0.575. The molecule has 27 heavy (non-hydrogen) atoms. The highest BCUT2D eigenvalue weighted by Crippen LogP contribution is 2.20. The van der Waals surface area contributed by atoms with E-state index in [1.165, 1.54) is 0 Å². The number of carbonyl (C=O) groups excluding carboxylic acids is 2. The fourth-order valence-corrected chi connectivity index (χ4v) is 2.41. The van der Waals surface area contributed by atoms with Gasteiger partial charge in [-0.25, -0.2) is 0 Å². The molecular formula is C21H19N3O3.